The lowest BCUT2D eigenvalue weighted by Crippen LogP contribution is -2.31. The van der Waals surface area contributed by atoms with Crippen LogP contribution in [0.4, 0.5) is 10.5 Å². The Bertz CT molecular complexity index is 997. The number of nitrogens with zero attached hydrogens (tertiary/aromatic N) is 2. The van der Waals surface area contributed by atoms with E-state index in [0.717, 1.165) is 0 Å². The van der Waals surface area contributed by atoms with Crippen molar-refractivity contribution in [1.29, 1.82) is 0 Å². The Hall–Kier alpha value is -3.14. The van der Waals surface area contributed by atoms with Crippen molar-refractivity contribution >= 4 is 21.8 Å². The summed E-state index contributed by atoms with van der Waals surface area (Å²) in [6.45, 7) is 3.74. The molecule has 0 atom stereocenters. The average Bonchev–Trinajstić information content (AvgIpc) is 3.13. The second kappa shape index (κ2) is 8.70. The van der Waals surface area contributed by atoms with E-state index in [0.29, 0.717) is 31.1 Å². The first kappa shape index (κ1) is 21.6. The predicted molar refractivity (Wildman–Crippen MR) is 110 cm³/mol. The second-order valence-electron chi connectivity index (χ2n) is 6.41. The first-order chi connectivity index (χ1) is 14.3. The van der Waals surface area contributed by atoms with Crippen LogP contribution < -0.4 is 23.3 Å². The predicted octanol–water partition coefficient (Wildman–Crippen LogP) is 2.74. The van der Waals surface area contributed by atoms with Crippen LogP contribution in [0.1, 0.15) is 6.92 Å². The van der Waals surface area contributed by atoms with Crippen molar-refractivity contribution < 1.29 is 31.6 Å². The molecule has 0 saturated carbocycles. The van der Waals surface area contributed by atoms with Crippen LogP contribution in [0.15, 0.2) is 41.3 Å². The van der Waals surface area contributed by atoms with Crippen LogP contribution in [0.3, 0.4) is 0 Å². The molecule has 0 bridgehead atoms. The van der Waals surface area contributed by atoms with Gasteiger partial charge in [0.1, 0.15) is 4.90 Å². The minimum atomic E-state index is -4.12. The molecule has 162 valence electrons. The Labute approximate surface area is 175 Å². The number of anilines is 1. The summed E-state index contributed by atoms with van der Waals surface area (Å²) in [7, 11) is 0.179. The number of methoxy groups -OCH3 is 3. The van der Waals surface area contributed by atoms with Gasteiger partial charge in [0.2, 0.25) is 5.75 Å². The maximum atomic E-state index is 12.7. The van der Waals surface area contributed by atoms with E-state index in [1.54, 1.807) is 21.9 Å². The number of carbonyl (C=O) groups is 1. The van der Waals surface area contributed by atoms with Crippen molar-refractivity contribution in [2.24, 2.45) is 0 Å². The Morgan fingerprint density at radius 1 is 0.933 bits per heavy atom. The molecule has 9 nitrogen and oxygen atoms in total. The SMILES string of the molecule is CCN1CCN(c2ccc(S(=O)(=O)Oc3cc(OC)c(OC)c(OC)c3)cc2)C1=O. The Kier molecular flexibility index (Phi) is 6.25. The van der Waals surface area contributed by atoms with E-state index in [1.165, 1.54) is 45.6 Å². The monoisotopic (exact) mass is 436 g/mol. The fourth-order valence-corrected chi connectivity index (χ4v) is 4.10. The Morgan fingerprint density at radius 2 is 1.53 bits per heavy atom. The Morgan fingerprint density at radius 3 is 2.00 bits per heavy atom. The van der Waals surface area contributed by atoms with E-state index < -0.39 is 10.1 Å². The third kappa shape index (κ3) is 4.09. The maximum absolute atomic E-state index is 12.7. The van der Waals surface area contributed by atoms with Crippen molar-refractivity contribution in [1.82, 2.24) is 4.90 Å². The molecule has 1 heterocycles. The van der Waals surface area contributed by atoms with Crippen LogP contribution >= 0.6 is 0 Å². The van der Waals surface area contributed by atoms with Gasteiger partial charge in [0.15, 0.2) is 17.2 Å². The molecule has 1 aliphatic rings. The minimum Gasteiger partial charge on any atom is -0.493 e. The van der Waals surface area contributed by atoms with Crippen molar-refractivity contribution in [2.75, 3.05) is 45.9 Å². The number of likely N-dealkylation sites (N-methyl/N-ethyl adjacent to an activating group) is 1. The summed E-state index contributed by atoms with van der Waals surface area (Å²) >= 11 is 0. The van der Waals surface area contributed by atoms with E-state index in [2.05, 4.69) is 0 Å². The number of carbonyl (C=O) groups excluding carboxylic acids is 1. The summed E-state index contributed by atoms with van der Waals surface area (Å²) in [6.07, 6.45) is 0. The third-order valence-electron chi connectivity index (χ3n) is 4.76. The van der Waals surface area contributed by atoms with Gasteiger partial charge in [-0.25, -0.2) is 4.79 Å². The van der Waals surface area contributed by atoms with Crippen LogP contribution in [0.5, 0.6) is 23.0 Å². The van der Waals surface area contributed by atoms with Crippen LogP contribution in [0, 0.1) is 0 Å². The summed E-state index contributed by atoms with van der Waals surface area (Å²) in [6, 6.07) is 8.69. The summed E-state index contributed by atoms with van der Waals surface area (Å²) in [5, 5.41) is 0. The molecule has 0 aromatic heterocycles. The molecule has 2 aromatic rings. The van der Waals surface area contributed by atoms with E-state index in [1.807, 2.05) is 6.92 Å². The quantitative estimate of drug-likeness (QED) is 0.587. The van der Waals surface area contributed by atoms with Crippen LogP contribution in [0.25, 0.3) is 0 Å². The number of benzene rings is 2. The number of hydrogen-bond acceptors (Lipinski definition) is 7. The van der Waals surface area contributed by atoms with Crippen LogP contribution in [-0.4, -0.2) is 60.3 Å². The van der Waals surface area contributed by atoms with Crippen LogP contribution in [-0.2, 0) is 10.1 Å². The molecule has 1 saturated heterocycles. The molecule has 3 rings (SSSR count). The number of rotatable bonds is 8. The highest BCUT2D eigenvalue weighted by molar-refractivity contribution is 7.87. The zero-order valence-corrected chi connectivity index (χ0v) is 18.1. The van der Waals surface area contributed by atoms with E-state index in [4.69, 9.17) is 18.4 Å². The largest absolute Gasteiger partial charge is 0.493 e. The third-order valence-corrected chi connectivity index (χ3v) is 6.02. The molecule has 0 N–H and O–H groups in total. The van der Waals surface area contributed by atoms with E-state index in [9.17, 15) is 13.2 Å². The molecule has 0 aliphatic carbocycles. The summed E-state index contributed by atoms with van der Waals surface area (Å²) in [5.74, 6) is 0.878. The molecular weight excluding hydrogens is 412 g/mol. The molecule has 2 aromatic carbocycles. The van der Waals surface area contributed by atoms with Crippen molar-refractivity contribution in [2.45, 2.75) is 11.8 Å². The Balaban J connectivity index is 1.84. The zero-order chi connectivity index (χ0) is 21.9. The molecule has 30 heavy (non-hydrogen) atoms. The molecule has 10 heteroatoms. The van der Waals surface area contributed by atoms with E-state index >= 15 is 0 Å². The van der Waals surface area contributed by atoms with Gasteiger partial charge in [0.05, 0.1) is 21.3 Å². The van der Waals surface area contributed by atoms with Crippen molar-refractivity contribution in [3.05, 3.63) is 36.4 Å². The van der Waals surface area contributed by atoms with Gasteiger partial charge in [-0.1, -0.05) is 0 Å². The van der Waals surface area contributed by atoms with Gasteiger partial charge in [0.25, 0.3) is 0 Å². The van der Waals surface area contributed by atoms with Gasteiger partial charge in [-0.05, 0) is 31.2 Å². The normalized spacial score (nSPS) is 14.1. The van der Waals surface area contributed by atoms with Gasteiger partial charge >= 0.3 is 16.1 Å². The van der Waals surface area contributed by atoms with E-state index in [-0.39, 0.29) is 28.2 Å². The molecule has 0 unspecified atom stereocenters. The van der Waals surface area contributed by atoms with Gasteiger partial charge in [-0.15, -0.1) is 0 Å². The first-order valence-electron chi connectivity index (χ1n) is 9.25. The van der Waals surface area contributed by atoms with Gasteiger partial charge in [-0.2, -0.15) is 8.42 Å². The smallest absolute Gasteiger partial charge is 0.339 e. The molecular formula is C20H24N2O7S. The van der Waals surface area contributed by atoms with Crippen molar-refractivity contribution in [3.8, 4) is 23.0 Å². The second-order valence-corrected chi connectivity index (χ2v) is 7.95. The lowest BCUT2D eigenvalue weighted by atomic mass is 10.2. The summed E-state index contributed by atoms with van der Waals surface area (Å²) in [5.41, 5.74) is 0.627. The lowest BCUT2D eigenvalue weighted by molar-refractivity contribution is 0.223. The number of ether oxygens (including phenoxy) is 3. The molecule has 2 amide bonds. The van der Waals surface area contributed by atoms with Crippen molar-refractivity contribution in [3.63, 3.8) is 0 Å². The van der Waals surface area contributed by atoms with Gasteiger partial charge in [-0.3, -0.25) is 4.90 Å². The summed E-state index contributed by atoms with van der Waals surface area (Å²) in [4.78, 5) is 15.6. The fourth-order valence-electron chi connectivity index (χ4n) is 3.19. The highest BCUT2D eigenvalue weighted by atomic mass is 32.2. The lowest BCUT2D eigenvalue weighted by Gasteiger charge is -2.18. The molecule has 0 radical (unpaired) electrons. The maximum Gasteiger partial charge on any atom is 0.339 e. The minimum absolute atomic E-state index is 0.0156. The van der Waals surface area contributed by atoms with Crippen LogP contribution in [0.2, 0.25) is 0 Å². The van der Waals surface area contributed by atoms with Gasteiger partial charge in [0, 0.05) is 37.5 Å². The zero-order valence-electron chi connectivity index (χ0n) is 17.2. The number of urea groups is 1. The van der Waals surface area contributed by atoms with Gasteiger partial charge < -0.3 is 23.3 Å². The molecule has 1 aliphatic heterocycles. The first-order valence-corrected chi connectivity index (χ1v) is 10.7. The summed E-state index contributed by atoms with van der Waals surface area (Å²) < 4.78 is 46.4. The highest BCUT2D eigenvalue weighted by Crippen LogP contribution is 2.41. The molecule has 1 fully saturated rings. The highest BCUT2D eigenvalue weighted by Gasteiger charge is 2.28. The fraction of sp³-hybridized carbons (Fsp3) is 0.350. The topological polar surface area (TPSA) is 94.6 Å². The molecule has 0 spiro atoms. The number of hydrogen-bond donors (Lipinski definition) is 0. The number of amides is 2. The standard InChI is InChI=1S/C20H24N2O7S/c1-5-21-10-11-22(20(21)23)14-6-8-16(9-7-14)30(24,25)29-15-12-17(26-2)19(28-4)18(13-15)27-3/h6-9,12-13H,5,10-11H2,1-4H3. The average molecular weight is 436 g/mol.